The Morgan fingerprint density at radius 2 is 1.29 bits per heavy atom. The zero-order valence-electron chi connectivity index (χ0n) is 26.4. The molecule has 0 saturated carbocycles. The number of unbranched alkanes of at least 4 members (excludes halogenated alkanes) is 11. The number of hydrogen-bond donors (Lipinski definition) is 2. The van der Waals surface area contributed by atoms with Crippen LogP contribution in [0, 0.1) is 0 Å². The number of nitrogens with zero attached hydrogens (tertiary/aromatic N) is 1. The van der Waals surface area contributed by atoms with Crippen LogP contribution in [-0.4, -0.2) is 56.5 Å². The molecule has 0 saturated heterocycles. The van der Waals surface area contributed by atoms with E-state index in [1.165, 1.54) is 12.8 Å². The minimum atomic E-state index is -0.440. The van der Waals surface area contributed by atoms with Gasteiger partial charge in [0, 0.05) is 26.4 Å². The first-order valence-corrected chi connectivity index (χ1v) is 16.6. The first-order chi connectivity index (χ1) is 20.0. The minimum Gasteiger partial charge on any atom is -0.462 e. The molecule has 0 fully saturated rings. The minimum absolute atomic E-state index is 0.0290. The van der Waals surface area contributed by atoms with Gasteiger partial charge in [0.05, 0.1) is 0 Å². The summed E-state index contributed by atoms with van der Waals surface area (Å²) in [5.41, 5.74) is -0.0603. The smallest absolute Gasteiger partial charge is 0.306 e. The quantitative estimate of drug-likeness (QED) is 0.0475. The van der Waals surface area contributed by atoms with E-state index in [0.29, 0.717) is 30.8 Å². The first-order valence-electron chi connectivity index (χ1n) is 16.6. The number of rotatable bonds is 29. The van der Waals surface area contributed by atoms with Gasteiger partial charge in [-0.25, -0.2) is 0 Å². The van der Waals surface area contributed by atoms with Gasteiger partial charge in [-0.2, -0.15) is 0 Å². The Bertz CT molecular complexity index is 873. The van der Waals surface area contributed by atoms with Crippen LogP contribution in [0.3, 0.4) is 0 Å². The highest BCUT2D eigenvalue weighted by molar-refractivity contribution is 5.73. The number of aldehydes is 1. The highest BCUT2D eigenvalue weighted by Gasteiger charge is 2.19. The number of anilines is 2. The molecule has 8 nitrogen and oxygen atoms in total. The summed E-state index contributed by atoms with van der Waals surface area (Å²) in [6.45, 7) is 8.07. The Balaban J connectivity index is 2.30. The molecule has 1 aromatic carbocycles. The van der Waals surface area contributed by atoms with E-state index in [4.69, 9.17) is 4.74 Å². The summed E-state index contributed by atoms with van der Waals surface area (Å²) in [5.74, 6) is -0.0290. The molecular formula is C33H59N3O5. The Morgan fingerprint density at radius 1 is 0.756 bits per heavy atom. The largest absolute Gasteiger partial charge is 0.462 e. The molecule has 0 radical (unpaired) electrons. The fourth-order valence-electron chi connectivity index (χ4n) is 5.25. The van der Waals surface area contributed by atoms with Crippen molar-refractivity contribution in [1.82, 2.24) is 4.90 Å². The molecule has 8 heteroatoms. The van der Waals surface area contributed by atoms with Crippen LogP contribution in [-0.2, 0) is 14.3 Å². The van der Waals surface area contributed by atoms with Gasteiger partial charge in [0.1, 0.15) is 23.8 Å². The zero-order chi connectivity index (χ0) is 30.1. The summed E-state index contributed by atoms with van der Waals surface area (Å²) in [4.78, 5) is 48.7. The maximum Gasteiger partial charge on any atom is 0.306 e. The van der Waals surface area contributed by atoms with Crippen LogP contribution in [0.5, 0.6) is 0 Å². The lowest BCUT2D eigenvalue weighted by Crippen LogP contribution is -2.37. The van der Waals surface area contributed by atoms with Crippen molar-refractivity contribution in [2.45, 2.75) is 142 Å². The van der Waals surface area contributed by atoms with E-state index in [1.807, 2.05) is 0 Å². The topological polar surface area (TPSA) is 105 Å². The van der Waals surface area contributed by atoms with Crippen molar-refractivity contribution in [3.8, 4) is 0 Å². The van der Waals surface area contributed by atoms with Crippen molar-refractivity contribution in [3.05, 3.63) is 20.4 Å². The van der Waals surface area contributed by atoms with E-state index in [1.54, 1.807) is 7.05 Å². The van der Waals surface area contributed by atoms with E-state index in [0.717, 1.165) is 122 Å². The lowest BCUT2D eigenvalue weighted by molar-refractivity contribution is -0.150. The van der Waals surface area contributed by atoms with Gasteiger partial charge in [0.25, 0.3) is 10.9 Å². The average molecular weight is 578 g/mol. The molecule has 0 heterocycles. The Morgan fingerprint density at radius 3 is 1.88 bits per heavy atom. The predicted molar refractivity (Wildman–Crippen MR) is 171 cm³/mol. The molecule has 41 heavy (non-hydrogen) atoms. The van der Waals surface area contributed by atoms with Crippen LogP contribution >= 0.6 is 0 Å². The number of hydrogen-bond acceptors (Lipinski definition) is 8. The third kappa shape index (κ3) is 16.7. The molecule has 0 bridgehead atoms. The molecule has 0 aliphatic rings. The molecule has 2 N–H and O–H groups in total. The summed E-state index contributed by atoms with van der Waals surface area (Å²) >= 11 is 0. The number of carbonyl (C=O) groups excluding carboxylic acids is 2. The van der Waals surface area contributed by atoms with Gasteiger partial charge in [-0.05, 0) is 64.6 Å². The second-order valence-electron chi connectivity index (χ2n) is 11.4. The highest BCUT2D eigenvalue weighted by atomic mass is 16.5. The van der Waals surface area contributed by atoms with Crippen molar-refractivity contribution < 1.29 is 14.3 Å². The molecule has 0 amide bonds. The van der Waals surface area contributed by atoms with Crippen LogP contribution in [0.25, 0.3) is 0 Å². The van der Waals surface area contributed by atoms with Gasteiger partial charge in [0.15, 0.2) is 0 Å². The van der Waals surface area contributed by atoms with E-state index in [2.05, 4.69) is 29.4 Å². The molecular weight excluding hydrogens is 518 g/mol. The number of carbonyl (C=O) groups is 2. The van der Waals surface area contributed by atoms with Crippen LogP contribution in [0.4, 0.5) is 11.4 Å². The van der Waals surface area contributed by atoms with Gasteiger partial charge in [0.2, 0.25) is 0 Å². The van der Waals surface area contributed by atoms with Gasteiger partial charge in [-0.3, -0.25) is 14.4 Å². The molecule has 1 aromatic rings. The summed E-state index contributed by atoms with van der Waals surface area (Å²) in [6, 6.07) is 0. The summed E-state index contributed by atoms with van der Waals surface area (Å²) < 4.78 is 5.78. The molecule has 0 atom stereocenters. The third-order valence-electron chi connectivity index (χ3n) is 7.82. The van der Waals surface area contributed by atoms with Gasteiger partial charge in [-0.1, -0.05) is 78.1 Å². The van der Waals surface area contributed by atoms with Crippen LogP contribution in [0.15, 0.2) is 9.59 Å². The van der Waals surface area contributed by atoms with Gasteiger partial charge < -0.3 is 25.1 Å². The van der Waals surface area contributed by atoms with Crippen molar-refractivity contribution in [2.24, 2.45) is 0 Å². The first kappa shape index (κ1) is 36.8. The fraction of sp³-hybridized carbons (Fsp3) is 0.818. The maximum absolute atomic E-state index is 12.3. The lowest BCUT2D eigenvalue weighted by Gasteiger charge is -2.23. The van der Waals surface area contributed by atoms with Gasteiger partial charge in [-0.15, -0.1) is 0 Å². The average Bonchev–Trinajstić information content (AvgIpc) is 2.97. The Kier molecular flexibility index (Phi) is 21.9. The fourth-order valence-corrected chi connectivity index (χ4v) is 5.25. The van der Waals surface area contributed by atoms with Crippen molar-refractivity contribution >= 4 is 23.6 Å². The van der Waals surface area contributed by atoms with Crippen LogP contribution in [0.2, 0.25) is 0 Å². The summed E-state index contributed by atoms with van der Waals surface area (Å²) in [7, 11) is 1.66. The number of nitrogens with one attached hydrogen (secondary N) is 2. The number of esters is 1. The predicted octanol–water partition coefficient (Wildman–Crippen LogP) is 6.60. The summed E-state index contributed by atoms with van der Waals surface area (Å²) in [5, 5.41) is 5.94. The monoisotopic (exact) mass is 577 g/mol. The Hall–Kier alpha value is -2.22. The normalized spacial score (nSPS) is 11.4. The SMILES string of the molecule is CCCCC(CCCC)OC(=O)CCCCCCCN(CCCCCCCC=O)CCCNc1c(NC)c(=O)c1=O. The standard InChI is InChI=1S/C33H59N3O5/c1-4-6-20-28(21-7-5-2)41-29(38)22-15-11-10-13-17-25-36(24-16-12-8-9-14-18-27-37)26-19-23-35-31-30(34-3)32(39)33(31)40/h27-28,34-35H,4-26H2,1-3H3. The second-order valence-corrected chi connectivity index (χ2v) is 11.4. The molecule has 0 aliphatic heterocycles. The van der Waals surface area contributed by atoms with Crippen LogP contribution in [0.1, 0.15) is 136 Å². The van der Waals surface area contributed by atoms with Gasteiger partial charge >= 0.3 is 5.97 Å². The molecule has 0 aromatic heterocycles. The van der Waals surface area contributed by atoms with E-state index in [-0.39, 0.29) is 12.1 Å². The van der Waals surface area contributed by atoms with Crippen molar-refractivity contribution in [1.29, 1.82) is 0 Å². The highest BCUT2D eigenvalue weighted by Crippen LogP contribution is 2.16. The molecule has 0 unspecified atom stereocenters. The summed E-state index contributed by atoms with van der Waals surface area (Å²) in [6.07, 6.45) is 20.6. The second kappa shape index (κ2) is 24.4. The van der Waals surface area contributed by atoms with E-state index in [9.17, 15) is 19.2 Å². The van der Waals surface area contributed by atoms with Crippen LogP contribution < -0.4 is 21.5 Å². The zero-order valence-corrected chi connectivity index (χ0v) is 26.4. The van der Waals surface area contributed by atoms with E-state index < -0.39 is 10.9 Å². The van der Waals surface area contributed by atoms with Crippen molar-refractivity contribution in [2.75, 3.05) is 43.9 Å². The third-order valence-corrected chi connectivity index (χ3v) is 7.82. The molecule has 0 aliphatic carbocycles. The lowest BCUT2D eigenvalue weighted by atomic mass is 10.1. The maximum atomic E-state index is 12.3. The molecule has 236 valence electrons. The van der Waals surface area contributed by atoms with Crippen molar-refractivity contribution in [3.63, 3.8) is 0 Å². The molecule has 0 spiro atoms. The number of ether oxygens (including phenoxy) is 1. The molecule has 1 rings (SSSR count). The van der Waals surface area contributed by atoms with E-state index >= 15 is 0 Å². The Labute approximate surface area is 249 Å².